The molecule has 21 heavy (non-hydrogen) atoms. The largest absolute Gasteiger partial charge is 0.373 e. The molecule has 1 unspecified atom stereocenters. The van der Waals surface area contributed by atoms with Crippen molar-refractivity contribution in [2.75, 3.05) is 24.6 Å². The van der Waals surface area contributed by atoms with E-state index in [1.807, 2.05) is 18.5 Å². The van der Waals surface area contributed by atoms with Gasteiger partial charge in [-0.3, -0.25) is 0 Å². The molecule has 1 spiro atoms. The molecule has 2 aliphatic rings. The van der Waals surface area contributed by atoms with Crippen molar-refractivity contribution in [3.63, 3.8) is 0 Å². The Morgan fingerprint density at radius 3 is 2.52 bits per heavy atom. The highest BCUT2D eigenvalue weighted by molar-refractivity contribution is 5.29. The van der Waals surface area contributed by atoms with Crippen LogP contribution in [0.1, 0.15) is 40.0 Å². The first-order valence-electron chi connectivity index (χ1n) is 7.89. The molecule has 5 heteroatoms. The van der Waals surface area contributed by atoms with Crippen LogP contribution in [0, 0.1) is 0 Å². The number of piperidine rings is 1. The maximum Gasteiger partial charge on any atom is 0.225 e. The van der Waals surface area contributed by atoms with Crippen LogP contribution in [0.2, 0.25) is 0 Å². The van der Waals surface area contributed by atoms with Crippen LogP contribution in [0.15, 0.2) is 18.5 Å². The number of aromatic nitrogens is 2. The quantitative estimate of drug-likeness (QED) is 0.903. The van der Waals surface area contributed by atoms with Crippen molar-refractivity contribution in [3.8, 4) is 0 Å². The zero-order chi connectivity index (χ0) is 14.9. The van der Waals surface area contributed by atoms with Crippen molar-refractivity contribution in [1.82, 2.24) is 15.3 Å². The molecule has 3 heterocycles. The van der Waals surface area contributed by atoms with E-state index in [0.29, 0.717) is 6.04 Å². The van der Waals surface area contributed by atoms with E-state index >= 15 is 0 Å². The van der Waals surface area contributed by atoms with Crippen molar-refractivity contribution in [3.05, 3.63) is 18.5 Å². The predicted molar refractivity (Wildman–Crippen MR) is 83.5 cm³/mol. The fraction of sp³-hybridized carbons (Fsp3) is 0.750. The van der Waals surface area contributed by atoms with Gasteiger partial charge in [-0.15, -0.1) is 0 Å². The van der Waals surface area contributed by atoms with E-state index in [9.17, 15) is 0 Å². The zero-order valence-corrected chi connectivity index (χ0v) is 13.3. The van der Waals surface area contributed by atoms with Crippen LogP contribution in [-0.2, 0) is 4.74 Å². The van der Waals surface area contributed by atoms with E-state index in [-0.39, 0.29) is 11.1 Å². The van der Waals surface area contributed by atoms with Gasteiger partial charge in [-0.1, -0.05) is 0 Å². The van der Waals surface area contributed by atoms with Crippen molar-refractivity contribution in [2.45, 2.75) is 57.2 Å². The van der Waals surface area contributed by atoms with Crippen LogP contribution in [0.3, 0.4) is 0 Å². The van der Waals surface area contributed by atoms with Crippen LogP contribution >= 0.6 is 0 Å². The highest BCUT2D eigenvalue weighted by Crippen LogP contribution is 2.37. The topological polar surface area (TPSA) is 50.3 Å². The second kappa shape index (κ2) is 5.54. The van der Waals surface area contributed by atoms with Crippen LogP contribution in [0.4, 0.5) is 5.95 Å². The lowest BCUT2D eigenvalue weighted by Crippen LogP contribution is -2.47. The molecule has 0 aliphatic carbocycles. The standard InChI is InChI=1S/C16H26N4O/c1-15(2,3)19-13-11-16(21-12-13)5-9-20(10-6-16)14-17-7-4-8-18-14/h4,7-8,13,19H,5-6,9-12H2,1-3H3. The first-order valence-corrected chi connectivity index (χ1v) is 7.89. The summed E-state index contributed by atoms with van der Waals surface area (Å²) >= 11 is 0. The minimum atomic E-state index is 0.0637. The van der Waals surface area contributed by atoms with Crippen molar-refractivity contribution in [1.29, 1.82) is 0 Å². The molecule has 0 amide bonds. The van der Waals surface area contributed by atoms with Gasteiger partial charge in [0.1, 0.15) is 0 Å². The van der Waals surface area contributed by atoms with E-state index in [1.165, 1.54) is 0 Å². The molecule has 0 radical (unpaired) electrons. The number of hydrogen-bond donors (Lipinski definition) is 1. The Kier molecular flexibility index (Phi) is 3.88. The highest BCUT2D eigenvalue weighted by atomic mass is 16.5. The molecule has 116 valence electrons. The number of hydrogen-bond acceptors (Lipinski definition) is 5. The molecule has 2 aliphatic heterocycles. The number of rotatable bonds is 2. The third-order valence-electron chi connectivity index (χ3n) is 4.36. The summed E-state index contributed by atoms with van der Waals surface area (Å²) in [7, 11) is 0. The summed E-state index contributed by atoms with van der Waals surface area (Å²) in [5.74, 6) is 0.842. The minimum absolute atomic E-state index is 0.0637. The van der Waals surface area contributed by atoms with Crippen LogP contribution in [0.25, 0.3) is 0 Å². The van der Waals surface area contributed by atoms with Gasteiger partial charge in [0, 0.05) is 37.1 Å². The van der Waals surface area contributed by atoms with E-state index in [2.05, 4.69) is 41.0 Å². The summed E-state index contributed by atoms with van der Waals surface area (Å²) in [5, 5.41) is 3.67. The van der Waals surface area contributed by atoms with Crippen molar-refractivity contribution in [2.24, 2.45) is 0 Å². The average molecular weight is 290 g/mol. The van der Waals surface area contributed by atoms with Gasteiger partial charge in [-0.25, -0.2) is 9.97 Å². The first kappa shape index (κ1) is 14.7. The van der Waals surface area contributed by atoms with E-state index in [0.717, 1.165) is 44.9 Å². The zero-order valence-electron chi connectivity index (χ0n) is 13.3. The molecule has 2 fully saturated rings. The Hall–Kier alpha value is -1.20. The average Bonchev–Trinajstić information content (AvgIpc) is 2.81. The van der Waals surface area contributed by atoms with Crippen LogP contribution in [-0.4, -0.2) is 46.8 Å². The Bertz CT molecular complexity index is 463. The normalized spacial score (nSPS) is 25.5. The van der Waals surface area contributed by atoms with Gasteiger partial charge >= 0.3 is 0 Å². The Morgan fingerprint density at radius 1 is 1.24 bits per heavy atom. The fourth-order valence-corrected chi connectivity index (χ4v) is 3.47. The summed E-state index contributed by atoms with van der Waals surface area (Å²) in [4.78, 5) is 10.9. The molecule has 1 atom stereocenters. The number of nitrogens with zero attached hydrogens (tertiary/aromatic N) is 3. The molecule has 1 aromatic heterocycles. The third kappa shape index (κ3) is 3.52. The molecule has 2 saturated heterocycles. The first-order chi connectivity index (χ1) is 9.96. The SMILES string of the molecule is CC(C)(C)NC1COC2(CCN(c3ncccn3)CC2)C1. The molecule has 5 nitrogen and oxygen atoms in total. The Balaban J connectivity index is 1.56. The summed E-state index contributed by atoms with van der Waals surface area (Å²) in [6, 6.07) is 2.34. The molecule has 0 aromatic carbocycles. The Morgan fingerprint density at radius 2 is 1.90 bits per heavy atom. The molecule has 3 rings (SSSR count). The van der Waals surface area contributed by atoms with Crippen molar-refractivity contribution < 1.29 is 4.74 Å². The van der Waals surface area contributed by atoms with Gasteiger partial charge in [0.05, 0.1) is 12.2 Å². The lowest BCUT2D eigenvalue weighted by molar-refractivity contribution is -0.0152. The predicted octanol–water partition coefficient (Wildman–Crippen LogP) is 1.99. The molecule has 1 N–H and O–H groups in total. The smallest absolute Gasteiger partial charge is 0.225 e. The monoisotopic (exact) mass is 290 g/mol. The maximum absolute atomic E-state index is 6.19. The molecule has 1 aromatic rings. The summed E-state index contributed by atoms with van der Waals surface area (Å²) in [6.07, 6.45) is 6.86. The summed E-state index contributed by atoms with van der Waals surface area (Å²) in [5.41, 5.74) is 0.215. The highest BCUT2D eigenvalue weighted by Gasteiger charge is 2.43. The Labute approximate surface area is 127 Å². The van der Waals surface area contributed by atoms with Gasteiger partial charge in [-0.05, 0) is 46.1 Å². The maximum atomic E-state index is 6.19. The van der Waals surface area contributed by atoms with E-state index in [1.54, 1.807) is 0 Å². The second-order valence-corrected chi connectivity index (χ2v) is 7.33. The number of anilines is 1. The van der Waals surface area contributed by atoms with E-state index < -0.39 is 0 Å². The van der Waals surface area contributed by atoms with E-state index in [4.69, 9.17) is 4.74 Å². The molecule has 0 saturated carbocycles. The molecular formula is C16H26N4O. The van der Waals surface area contributed by atoms with Gasteiger partial charge < -0.3 is 15.0 Å². The number of nitrogens with one attached hydrogen (secondary N) is 1. The van der Waals surface area contributed by atoms with Crippen molar-refractivity contribution >= 4 is 5.95 Å². The van der Waals surface area contributed by atoms with Gasteiger partial charge in [0.15, 0.2) is 0 Å². The second-order valence-electron chi connectivity index (χ2n) is 7.33. The lowest BCUT2D eigenvalue weighted by Gasteiger charge is -2.38. The van der Waals surface area contributed by atoms with Crippen LogP contribution in [0.5, 0.6) is 0 Å². The molecular weight excluding hydrogens is 264 g/mol. The summed E-state index contributed by atoms with van der Waals surface area (Å²) in [6.45, 7) is 9.44. The van der Waals surface area contributed by atoms with Gasteiger partial charge in [0.2, 0.25) is 5.95 Å². The summed E-state index contributed by atoms with van der Waals surface area (Å²) < 4.78 is 6.19. The third-order valence-corrected chi connectivity index (χ3v) is 4.36. The molecule has 0 bridgehead atoms. The minimum Gasteiger partial charge on any atom is -0.373 e. The van der Waals surface area contributed by atoms with Gasteiger partial charge in [0.25, 0.3) is 0 Å². The van der Waals surface area contributed by atoms with Crippen LogP contribution < -0.4 is 10.2 Å². The van der Waals surface area contributed by atoms with Gasteiger partial charge in [-0.2, -0.15) is 0 Å². The fourth-order valence-electron chi connectivity index (χ4n) is 3.47. The lowest BCUT2D eigenvalue weighted by atomic mass is 9.87. The number of ether oxygens (including phenoxy) is 1.